The normalized spacial score (nSPS) is 15.2. The summed E-state index contributed by atoms with van der Waals surface area (Å²) in [7, 11) is 0. The Kier molecular flexibility index (Phi) is 5.91. The van der Waals surface area contributed by atoms with Crippen LogP contribution in [0.2, 0.25) is 5.02 Å². The van der Waals surface area contributed by atoms with Gasteiger partial charge in [-0.25, -0.2) is 4.90 Å². The second-order valence-electron chi connectivity index (χ2n) is 7.73. The van der Waals surface area contributed by atoms with Crippen molar-refractivity contribution in [3.8, 4) is 0 Å². The molecule has 164 valence electrons. The largest absolute Gasteiger partial charge is 0.340 e. The third-order valence-electron chi connectivity index (χ3n) is 5.67. The molecule has 1 aliphatic heterocycles. The molecule has 7 heteroatoms. The van der Waals surface area contributed by atoms with E-state index in [1.165, 1.54) is 10.5 Å². The zero-order chi connectivity index (χ0) is 23.1. The Morgan fingerprint density at radius 3 is 2.52 bits per heavy atom. The number of halogens is 2. The minimum Gasteiger partial charge on any atom is -0.340 e. The van der Waals surface area contributed by atoms with Gasteiger partial charge in [0.1, 0.15) is 0 Å². The van der Waals surface area contributed by atoms with E-state index < -0.39 is 0 Å². The van der Waals surface area contributed by atoms with Crippen molar-refractivity contribution in [2.75, 3.05) is 4.90 Å². The Bertz CT molecular complexity index is 1440. The monoisotopic (exact) mass is 536 g/mol. The van der Waals surface area contributed by atoms with Crippen LogP contribution in [-0.2, 0) is 11.3 Å². The van der Waals surface area contributed by atoms with Crippen molar-refractivity contribution in [3.63, 3.8) is 0 Å². The Hall–Kier alpha value is -2.80. The van der Waals surface area contributed by atoms with E-state index in [1.807, 2.05) is 43.3 Å². The molecular weight excluding hydrogens is 520 g/mol. The standard InChI is InChI=1S/C26H18BrClN2O2S/c1-16-22(14-24-25(31)30(26(32)33-24)20-6-4-5-19(28)13-20)21-7-2-3-8-23(21)29(16)15-17-9-11-18(27)12-10-17/h2-14H,15H2,1H3/b24-14+. The number of imide groups is 1. The number of aromatic nitrogens is 1. The average Bonchev–Trinajstić information content (AvgIpc) is 3.23. The lowest BCUT2D eigenvalue weighted by molar-refractivity contribution is -0.113. The van der Waals surface area contributed by atoms with Crippen LogP contribution in [-0.4, -0.2) is 15.7 Å². The van der Waals surface area contributed by atoms with E-state index in [-0.39, 0.29) is 11.1 Å². The number of carbonyl (C=O) groups is 2. The zero-order valence-electron chi connectivity index (χ0n) is 17.6. The Labute approximate surface area is 209 Å². The molecule has 33 heavy (non-hydrogen) atoms. The van der Waals surface area contributed by atoms with Crippen LogP contribution in [0.1, 0.15) is 16.8 Å². The van der Waals surface area contributed by atoms with Crippen molar-refractivity contribution >= 4 is 73.1 Å². The highest BCUT2D eigenvalue weighted by Crippen LogP contribution is 2.38. The van der Waals surface area contributed by atoms with Crippen LogP contribution in [0.5, 0.6) is 0 Å². The van der Waals surface area contributed by atoms with Crippen molar-refractivity contribution in [1.29, 1.82) is 0 Å². The maximum Gasteiger partial charge on any atom is 0.298 e. The lowest BCUT2D eigenvalue weighted by Crippen LogP contribution is -2.27. The van der Waals surface area contributed by atoms with Gasteiger partial charge in [0.15, 0.2) is 0 Å². The maximum atomic E-state index is 13.2. The summed E-state index contributed by atoms with van der Waals surface area (Å²) in [5.74, 6) is -0.337. The molecule has 1 aromatic heterocycles. The number of para-hydroxylation sites is 1. The molecule has 0 saturated carbocycles. The fraction of sp³-hybridized carbons (Fsp3) is 0.0769. The van der Waals surface area contributed by atoms with Crippen LogP contribution in [0, 0.1) is 6.92 Å². The highest BCUT2D eigenvalue weighted by molar-refractivity contribution is 9.10. The Morgan fingerprint density at radius 2 is 1.76 bits per heavy atom. The average molecular weight is 538 g/mol. The van der Waals surface area contributed by atoms with E-state index in [2.05, 4.69) is 38.7 Å². The van der Waals surface area contributed by atoms with Crippen LogP contribution in [0.4, 0.5) is 10.5 Å². The van der Waals surface area contributed by atoms with E-state index in [4.69, 9.17) is 11.6 Å². The lowest BCUT2D eigenvalue weighted by atomic mass is 10.1. The van der Waals surface area contributed by atoms with Gasteiger partial charge >= 0.3 is 0 Å². The summed E-state index contributed by atoms with van der Waals surface area (Å²) in [4.78, 5) is 27.4. The van der Waals surface area contributed by atoms with Gasteiger partial charge in [0.05, 0.1) is 10.6 Å². The van der Waals surface area contributed by atoms with Gasteiger partial charge in [-0.3, -0.25) is 9.59 Å². The first-order valence-corrected chi connectivity index (χ1v) is 12.3. The molecule has 1 saturated heterocycles. The van der Waals surface area contributed by atoms with E-state index in [1.54, 1.807) is 24.3 Å². The maximum absolute atomic E-state index is 13.2. The molecule has 5 rings (SSSR count). The minimum atomic E-state index is -0.337. The molecule has 1 fully saturated rings. The summed E-state index contributed by atoms with van der Waals surface area (Å²) in [6.07, 6.45) is 1.84. The highest BCUT2D eigenvalue weighted by atomic mass is 79.9. The molecule has 1 aliphatic rings. The first-order valence-electron chi connectivity index (χ1n) is 10.3. The van der Waals surface area contributed by atoms with E-state index in [0.717, 1.165) is 38.4 Å². The molecule has 0 spiro atoms. The predicted molar refractivity (Wildman–Crippen MR) is 140 cm³/mol. The number of nitrogens with zero attached hydrogens (tertiary/aromatic N) is 2. The van der Waals surface area contributed by atoms with Gasteiger partial charge in [-0.1, -0.05) is 63.9 Å². The van der Waals surface area contributed by atoms with Crippen molar-refractivity contribution in [1.82, 2.24) is 4.57 Å². The molecule has 0 bridgehead atoms. The molecule has 2 amide bonds. The predicted octanol–water partition coefficient (Wildman–Crippen LogP) is 7.65. The zero-order valence-corrected chi connectivity index (χ0v) is 20.7. The van der Waals surface area contributed by atoms with Crippen molar-refractivity contribution < 1.29 is 9.59 Å². The van der Waals surface area contributed by atoms with Crippen LogP contribution in [0.15, 0.2) is 82.2 Å². The Balaban J connectivity index is 1.56. The number of hydrogen-bond acceptors (Lipinski definition) is 3. The van der Waals surface area contributed by atoms with Crippen LogP contribution in [0.25, 0.3) is 17.0 Å². The number of anilines is 1. The summed E-state index contributed by atoms with van der Waals surface area (Å²) in [6.45, 7) is 2.75. The summed E-state index contributed by atoms with van der Waals surface area (Å²) in [5, 5.41) is 1.19. The van der Waals surface area contributed by atoms with Crippen molar-refractivity contribution in [2.45, 2.75) is 13.5 Å². The number of thioether (sulfide) groups is 1. The molecule has 0 aliphatic carbocycles. The smallest absolute Gasteiger partial charge is 0.298 e. The quantitative estimate of drug-likeness (QED) is 0.251. The number of benzene rings is 3. The van der Waals surface area contributed by atoms with Gasteiger partial charge in [0, 0.05) is 38.2 Å². The third-order valence-corrected chi connectivity index (χ3v) is 7.30. The van der Waals surface area contributed by atoms with Gasteiger partial charge in [-0.2, -0.15) is 0 Å². The fourth-order valence-electron chi connectivity index (χ4n) is 4.05. The second-order valence-corrected chi connectivity index (χ2v) is 10.1. The lowest BCUT2D eigenvalue weighted by Gasteiger charge is -2.12. The fourth-order valence-corrected chi connectivity index (χ4v) is 5.32. The summed E-state index contributed by atoms with van der Waals surface area (Å²) in [6, 6.07) is 23.1. The molecule has 4 nitrogen and oxygen atoms in total. The Morgan fingerprint density at radius 1 is 1.00 bits per heavy atom. The molecule has 0 radical (unpaired) electrons. The molecule has 0 atom stereocenters. The molecular formula is C26H18BrClN2O2S. The van der Waals surface area contributed by atoms with Gasteiger partial charge in [0.25, 0.3) is 11.1 Å². The first kappa shape index (κ1) is 22.0. The van der Waals surface area contributed by atoms with E-state index in [0.29, 0.717) is 22.2 Å². The van der Waals surface area contributed by atoms with Crippen LogP contribution >= 0.6 is 39.3 Å². The van der Waals surface area contributed by atoms with Gasteiger partial charge < -0.3 is 4.57 Å². The second kappa shape index (κ2) is 8.86. The number of amides is 2. The third kappa shape index (κ3) is 4.14. The number of rotatable bonds is 4. The highest BCUT2D eigenvalue weighted by Gasteiger charge is 2.36. The first-order chi connectivity index (χ1) is 15.9. The minimum absolute atomic E-state index is 0.329. The van der Waals surface area contributed by atoms with Crippen LogP contribution in [0.3, 0.4) is 0 Å². The topological polar surface area (TPSA) is 42.3 Å². The number of hydrogen-bond donors (Lipinski definition) is 0. The molecule has 4 aromatic rings. The van der Waals surface area contributed by atoms with Crippen molar-refractivity contribution in [3.05, 3.63) is 104 Å². The van der Waals surface area contributed by atoms with Crippen LogP contribution < -0.4 is 4.90 Å². The summed E-state index contributed by atoms with van der Waals surface area (Å²) >= 11 is 10.5. The molecule has 2 heterocycles. The van der Waals surface area contributed by atoms with Gasteiger partial charge in [-0.15, -0.1) is 0 Å². The van der Waals surface area contributed by atoms with Gasteiger partial charge in [-0.05, 0) is 66.7 Å². The molecule has 0 N–H and O–H groups in total. The SMILES string of the molecule is Cc1c(/C=C2/SC(=O)N(c3cccc(Cl)c3)C2=O)c2ccccc2n1Cc1ccc(Br)cc1. The van der Waals surface area contributed by atoms with Gasteiger partial charge in [0.2, 0.25) is 0 Å². The van der Waals surface area contributed by atoms with E-state index in [9.17, 15) is 9.59 Å². The molecule has 3 aromatic carbocycles. The number of fused-ring (bicyclic) bond motifs is 1. The van der Waals surface area contributed by atoms with E-state index >= 15 is 0 Å². The number of carbonyl (C=O) groups excluding carboxylic acids is 2. The summed E-state index contributed by atoms with van der Waals surface area (Å²) in [5.41, 5.74) is 4.71. The molecule has 0 unspecified atom stereocenters. The van der Waals surface area contributed by atoms with Crippen molar-refractivity contribution in [2.24, 2.45) is 0 Å². The summed E-state index contributed by atoms with van der Waals surface area (Å²) < 4.78 is 3.28.